The summed E-state index contributed by atoms with van der Waals surface area (Å²) < 4.78 is 6.45. The number of allylic oxidation sites excluding steroid dienone is 4. The van der Waals surface area contributed by atoms with E-state index in [9.17, 15) is 0 Å². The van der Waals surface area contributed by atoms with Crippen LogP contribution in [0.15, 0.2) is 199 Å². The largest absolute Gasteiger partial charge is 0.455 e. The Morgan fingerprint density at radius 1 is 0.441 bits per heavy atom. The maximum absolute atomic E-state index is 6.45. The molecular formula is C57H45NO. The van der Waals surface area contributed by atoms with E-state index in [1.54, 1.807) is 0 Å². The molecule has 0 spiro atoms. The first-order valence-corrected chi connectivity index (χ1v) is 20.7. The molecule has 8 aromatic carbocycles. The van der Waals surface area contributed by atoms with Gasteiger partial charge in [0.2, 0.25) is 0 Å². The van der Waals surface area contributed by atoms with Crippen LogP contribution in [-0.4, -0.2) is 0 Å². The van der Waals surface area contributed by atoms with Gasteiger partial charge in [-0.05, 0) is 143 Å². The van der Waals surface area contributed by atoms with Crippen molar-refractivity contribution < 1.29 is 4.42 Å². The first-order chi connectivity index (χ1) is 29.0. The highest BCUT2D eigenvalue weighted by Crippen LogP contribution is 2.44. The summed E-state index contributed by atoms with van der Waals surface area (Å²) in [6, 6.07) is 63.8. The van der Waals surface area contributed by atoms with Crippen LogP contribution in [0.2, 0.25) is 0 Å². The molecular weight excluding hydrogens is 715 g/mol. The molecule has 9 aromatic rings. The van der Waals surface area contributed by atoms with E-state index in [1.807, 2.05) is 12.1 Å². The van der Waals surface area contributed by atoms with Crippen molar-refractivity contribution in [1.29, 1.82) is 0 Å². The average Bonchev–Trinajstić information content (AvgIpc) is 3.68. The molecule has 2 nitrogen and oxygen atoms in total. The predicted octanol–water partition coefficient (Wildman–Crippen LogP) is 16.4. The summed E-state index contributed by atoms with van der Waals surface area (Å²) in [6.07, 6.45) is 9.08. The molecule has 0 saturated heterocycles. The molecule has 0 unspecified atom stereocenters. The summed E-state index contributed by atoms with van der Waals surface area (Å²) in [5.41, 5.74) is 21.1. The fraction of sp³-hybridized carbons (Fsp3) is 0.0877. The third kappa shape index (κ3) is 6.67. The van der Waals surface area contributed by atoms with Crippen LogP contribution in [0.1, 0.15) is 35.1 Å². The molecule has 1 aliphatic carbocycles. The molecule has 1 aliphatic rings. The van der Waals surface area contributed by atoms with Crippen LogP contribution in [0, 0.1) is 20.8 Å². The molecule has 10 rings (SSSR count). The van der Waals surface area contributed by atoms with E-state index in [0.29, 0.717) is 0 Å². The Labute approximate surface area is 347 Å². The third-order valence-corrected chi connectivity index (χ3v) is 12.1. The van der Waals surface area contributed by atoms with Crippen LogP contribution in [0.3, 0.4) is 0 Å². The Kier molecular flexibility index (Phi) is 9.39. The number of rotatable bonds is 8. The lowest BCUT2D eigenvalue weighted by molar-refractivity contribution is 0.670. The number of nitrogens with zero attached hydrogens (tertiary/aromatic N) is 1. The van der Waals surface area contributed by atoms with Crippen molar-refractivity contribution in [3.05, 3.63) is 216 Å². The Morgan fingerprint density at radius 3 is 1.80 bits per heavy atom. The van der Waals surface area contributed by atoms with Gasteiger partial charge in [0.15, 0.2) is 0 Å². The summed E-state index contributed by atoms with van der Waals surface area (Å²) >= 11 is 0. The van der Waals surface area contributed by atoms with Crippen LogP contribution < -0.4 is 4.90 Å². The van der Waals surface area contributed by atoms with Gasteiger partial charge in [-0.1, -0.05) is 152 Å². The van der Waals surface area contributed by atoms with E-state index in [0.717, 1.165) is 63.0 Å². The van der Waals surface area contributed by atoms with Gasteiger partial charge in [0.25, 0.3) is 0 Å². The second kappa shape index (κ2) is 15.3. The molecule has 0 radical (unpaired) electrons. The van der Waals surface area contributed by atoms with Crippen LogP contribution in [0.25, 0.3) is 72.0 Å². The molecule has 0 amide bonds. The number of hydrogen-bond acceptors (Lipinski definition) is 2. The molecule has 0 aliphatic heterocycles. The molecule has 2 heteroatoms. The van der Waals surface area contributed by atoms with Crippen molar-refractivity contribution in [2.24, 2.45) is 0 Å². The highest BCUT2D eigenvalue weighted by Gasteiger charge is 2.20. The number of fused-ring (bicyclic) bond motifs is 3. The number of anilines is 3. The van der Waals surface area contributed by atoms with Gasteiger partial charge in [-0.25, -0.2) is 0 Å². The average molecular weight is 760 g/mol. The lowest BCUT2D eigenvalue weighted by Gasteiger charge is -2.29. The standard InChI is InChI=1S/C57H45NO/c1-38-15-7-8-20-48(38)49-22-12-23-50(39(49)2)51-24-14-27-55(40(51)3)58(46-33-29-42(30-34-46)45-19-11-18-44(37-45)41-16-5-4-6-17-41)47-35-31-43(32-36-47)52-25-13-26-54-53-21-9-10-28-56(53)59-57(52)54/h5,7-37H,4,6H2,1-3H3. The third-order valence-electron chi connectivity index (χ3n) is 12.1. The minimum atomic E-state index is 0.908. The number of furan rings is 1. The Balaban J connectivity index is 1.08. The quantitative estimate of drug-likeness (QED) is 0.153. The van der Waals surface area contributed by atoms with Gasteiger partial charge in [0, 0.05) is 33.4 Å². The first kappa shape index (κ1) is 36.2. The summed E-state index contributed by atoms with van der Waals surface area (Å²) in [5, 5.41) is 2.27. The fourth-order valence-corrected chi connectivity index (χ4v) is 8.95. The van der Waals surface area contributed by atoms with Gasteiger partial charge in [0.05, 0.1) is 0 Å². The molecule has 0 saturated carbocycles. The van der Waals surface area contributed by atoms with Gasteiger partial charge in [-0.3, -0.25) is 0 Å². The zero-order valence-electron chi connectivity index (χ0n) is 33.7. The monoisotopic (exact) mass is 759 g/mol. The number of para-hydroxylation sites is 2. The van der Waals surface area contributed by atoms with Gasteiger partial charge in [0.1, 0.15) is 11.2 Å². The number of benzene rings is 8. The van der Waals surface area contributed by atoms with Crippen molar-refractivity contribution in [3.63, 3.8) is 0 Å². The summed E-state index contributed by atoms with van der Waals surface area (Å²) in [5.74, 6) is 0. The second-order valence-corrected chi connectivity index (χ2v) is 15.7. The predicted molar refractivity (Wildman–Crippen MR) is 251 cm³/mol. The van der Waals surface area contributed by atoms with E-state index in [4.69, 9.17) is 4.42 Å². The zero-order valence-corrected chi connectivity index (χ0v) is 33.7. The lowest BCUT2D eigenvalue weighted by Crippen LogP contribution is -2.12. The zero-order chi connectivity index (χ0) is 39.9. The Hall–Kier alpha value is -7.16. The van der Waals surface area contributed by atoms with Crippen molar-refractivity contribution in [1.82, 2.24) is 0 Å². The summed E-state index contributed by atoms with van der Waals surface area (Å²) in [4.78, 5) is 2.41. The highest BCUT2D eigenvalue weighted by molar-refractivity contribution is 6.09. The van der Waals surface area contributed by atoms with Crippen LogP contribution in [-0.2, 0) is 0 Å². The molecule has 0 bridgehead atoms. The van der Waals surface area contributed by atoms with Gasteiger partial charge in [-0.2, -0.15) is 0 Å². The van der Waals surface area contributed by atoms with Crippen LogP contribution in [0.4, 0.5) is 17.1 Å². The van der Waals surface area contributed by atoms with Gasteiger partial charge >= 0.3 is 0 Å². The van der Waals surface area contributed by atoms with Crippen molar-refractivity contribution in [2.75, 3.05) is 4.90 Å². The molecule has 0 atom stereocenters. The Bertz CT molecular complexity index is 3070. The summed E-state index contributed by atoms with van der Waals surface area (Å²) in [6.45, 7) is 6.72. The minimum Gasteiger partial charge on any atom is -0.455 e. The SMILES string of the molecule is Cc1ccccc1-c1cccc(-c2cccc(N(c3ccc(-c4cccc(C5=CCCC=C5)c4)cc3)c3ccc(-c4cccc5c4oc4ccccc45)cc3)c2C)c1C. The van der Waals surface area contributed by atoms with Gasteiger partial charge in [-0.15, -0.1) is 0 Å². The normalized spacial score (nSPS) is 12.6. The maximum Gasteiger partial charge on any atom is 0.143 e. The maximum atomic E-state index is 6.45. The van der Waals surface area contributed by atoms with E-state index in [1.165, 1.54) is 61.2 Å². The minimum absolute atomic E-state index is 0.908. The van der Waals surface area contributed by atoms with E-state index < -0.39 is 0 Å². The van der Waals surface area contributed by atoms with Crippen molar-refractivity contribution in [2.45, 2.75) is 33.6 Å². The second-order valence-electron chi connectivity index (χ2n) is 15.7. The molecule has 0 N–H and O–H groups in total. The molecule has 284 valence electrons. The summed E-state index contributed by atoms with van der Waals surface area (Å²) in [7, 11) is 0. The van der Waals surface area contributed by atoms with Crippen molar-refractivity contribution in [3.8, 4) is 44.5 Å². The van der Waals surface area contributed by atoms with Crippen molar-refractivity contribution >= 4 is 44.6 Å². The molecule has 1 aromatic heterocycles. The van der Waals surface area contributed by atoms with Crippen LogP contribution in [0.5, 0.6) is 0 Å². The molecule has 0 fully saturated rings. The molecule has 59 heavy (non-hydrogen) atoms. The smallest absolute Gasteiger partial charge is 0.143 e. The topological polar surface area (TPSA) is 16.4 Å². The molecule has 1 heterocycles. The number of hydrogen-bond donors (Lipinski definition) is 0. The lowest BCUT2D eigenvalue weighted by atomic mass is 9.89. The van der Waals surface area contributed by atoms with E-state index in [2.05, 4.69) is 208 Å². The number of aryl methyl sites for hydroxylation is 1. The van der Waals surface area contributed by atoms with E-state index in [-0.39, 0.29) is 0 Å². The van der Waals surface area contributed by atoms with E-state index >= 15 is 0 Å². The fourth-order valence-electron chi connectivity index (χ4n) is 8.95. The first-order valence-electron chi connectivity index (χ1n) is 20.7. The van der Waals surface area contributed by atoms with Crippen LogP contribution >= 0.6 is 0 Å². The Morgan fingerprint density at radius 2 is 1.03 bits per heavy atom. The highest BCUT2D eigenvalue weighted by atomic mass is 16.3. The van der Waals surface area contributed by atoms with Gasteiger partial charge < -0.3 is 9.32 Å².